The van der Waals surface area contributed by atoms with Gasteiger partial charge >= 0.3 is 6.18 Å². The Morgan fingerprint density at radius 2 is 1.91 bits per heavy atom. The maximum atomic E-state index is 12.8. The maximum absolute atomic E-state index is 12.8. The van der Waals surface area contributed by atoms with E-state index >= 15 is 0 Å². The number of nitrogens with zero attached hydrogens (tertiary/aromatic N) is 3. The van der Waals surface area contributed by atoms with E-state index in [9.17, 15) is 18.0 Å². The van der Waals surface area contributed by atoms with Gasteiger partial charge in [0.1, 0.15) is 5.82 Å². The highest BCUT2D eigenvalue weighted by Gasteiger charge is 2.30. The number of halogens is 3. The largest absolute Gasteiger partial charge is 0.416 e. The molecule has 33 heavy (non-hydrogen) atoms. The van der Waals surface area contributed by atoms with Crippen LogP contribution in [0.2, 0.25) is 0 Å². The highest BCUT2D eigenvalue weighted by atomic mass is 19.4. The average molecular weight is 458 g/mol. The smallest absolute Gasteiger partial charge is 0.345 e. The van der Waals surface area contributed by atoms with Crippen LogP contribution in [0.15, 0.2) is 60.3 Å². The summed E-state index contributed by atoms with van der Waals surface area (Å²) < 4.78 is 38.3. The van der Waals surface area contributed by atoms with Gasteiger partial charge in [-0.25, -0.2) is 4.98 Å². The van der Waals surface area contributed by atoms with Crippen LogP contribution >= 0.6 is 0 Å². The first-order chi connectivity index (χ1) is 15.8. The van der Waals surface area contributed by atoms with Crippen LogP contribution in [0, 0.1) is 6.92 Å². The molecule has 4 rings (SSSR count). The summed E-state index contributed by atoms with van der Waals surface area (Å²) in [5, 5.41) is 0. The van der Waals surface area contributed by atoms with Crippen molar-refractivity contribution < 1.29 is 13.2 Å². The molecule has 0 unspecified atom stereocenters. The number of hydrogen-bond donors (Lipinski definition) is 2. The van der Waals surface area contributed by atoms with E-state index in [2.05, 4.69) is 31.3 Å². The minimum Gasteiger partial charge on any atom is -0.345 e. The number of rotatable bonds is 6. The number of aromatic amines is 2. The van der Waals surface area contributed by atoms with Crippen molar-refractivity contribution in [2.24, 2.45) is 0 Å². The number of likely N-dealkylation sites (tertiary alicyclic amines) is 1. The number of piperidine rings is 1. The molecule has 0 aliphatic carbocycles. The summed E-state index contributed by atoms with van der Waals surface area (Å²) in [6.07, 6.45) is 2.65. The molecule has 2 N–H and O–H groups in total. The van der Waals surface area contributed by atoms with E-state index in [1.54, 1.807) is 18.6 Å². The number of alkyl halides is 3. The number of pyridine rings is 1. The van der Waals surface area contributed by atoms with E-state index in [1.807, 2.05) is 13.0 Å². The Bertz CT molecular complexity index is 1160. The molecule has 1 aromatic carbocycles. The highest BCUT2D eigenvalue weighted by molar-refractivity contribution is 5.56. The molecule has 0 bridgehead atoms. The molecule has 0 spiro atoms. The molecular weight excluding hydrogens is 431 g/mol. The molecule has 1 saturated heterocycles. The van der Waals surface area contributed by atoms with E-state index < -0.39 is 11.7 Å². The Morgan fingerprint density at radius 1 is 1.21 bits per heavy atom. The lowest BCUT2D eigenvalue weighted by Gasteiger charge is -2.38. The monoisotopic (exact) mass is 457 g/mol. The molecule has 9 heteroatoms. The summed E-state index contributed by atoms with van der Waals surface area (Å²) in [5.41, 5.74) is 2.30. The van der Waals surface area contributed by atoms with Crippen molar-refractivity contribution in [3.05, 3.63) is 82.7 Å². The number of anilines is 1. The van der Waals surface area contributed by atoms with Gasteiger partial charge in [-0.3, -0.25) is 9.69 Å². The molecule has 6 nitrogen and oxygen atoms in total. The Hall–Kier alpha value is -3.33. The zero-order chi connectivity index (χ0) is 23.6. The van der Waals surface area contributed by atoms with E-state index in [1.165, 1.54) is 12.1 Å². The Labute approximate surface area is 189 Å². The van der Waals surface area contributed by atoms with Gasteiger partial charge in [0.15, 0.2) is 0 Å². The molecule has 3 aromatic rings. The average Bonchev–Trinajstić information content (AvgIpc) is 3.26. The lowest BCUT2D eigenvalue weighted by Crippen LogP contribution is -2.43. The Kier molecular flexibility index (Phi) is 6.42. The third-order valence-electron chi connectivity index (χ3n) is 6.11. The number of aromatic nitrogens is 3. The fourth-order valence-electron chi connectivity index (χ4n) is 4.27. The second-order valence-electron chi connectivity index (χ2n) is 8.25. The van der Waals surface area contributed by atoms with Crippen molar-refractivity contribution in [2.45, 2.75) is 38.5 Å². The van der Waals surface area contributed by atoms with Crippen LogP contribution in [0.4, 0.5) is 18.9 Å². The standard InChI is InChI=1S/C24H26F3N5O/c1-3-32(21-8-11-28-23(33)16(21)2)20-9-12-31(13-10-20)15-19-14-29-22(30-19)17-4-6-18(7-5-17)24(25,26)27/h3-8,11,14,20H,1,9-10,12-13,15H2,2H3,(H,28,33)(H,29,30). The predicted octanol–water partition coefficient (Wildman–Crippen LogP) is 4.71. The summed E-state index contributed by atoms with van der Waals surface area (Å²) >= 11 is 0. The molecule has 174 valence electrons. The summed E-state index contributed by atoms with van der Waals surface area (Å²) in [5.74, 6) is 0.552. The van der Waals surface area contributed by atoms with Gasteiger partial charge in [0.2, 0.25) is 0 Å². The topological polar surface area (TPSA) is 68.0 Å². The molecule has 0 amide bonds. The fourth-order valence-corrected chi connectivity index (χ4v) is 4.27. The van der Waals surface area contributed by atoms with Crippen LogP contribution in [0.3, 0.4) is 0 Å². The molecule has 1 aliphatic heterocycles. The minimum atomic E-state index is -4.35. The van der Waals surface area contributed by atoms with Gasteiger partial charge in [0, 0.05) is 54.9 Å². The van der Waals surface area contributed by atoms with E-state index in [-0.39, 0.29) is 11.6 Å². The summed E-state index contributed by atoms with van der Waals surface area (Å²) in [6, 6.07) is 7.14. The highest BCUT2D eigenvalue weighted by Crippen LogP contribution is 2.30. The van der Waals surface area contributed by atoms with Gasteiger partial charge in [-0.05, 0) is 44.2 Å². The lowest BCUT2D eigenvalue weighted by atomic mass is 10.0. The van der Waals surface area contributed by atoms with E-state index in [4.69, 9.17) is 0 Å². The number of imidazole rings is 1. The van der Waals surface area contributed by atoms with Crippen LogP contribution in [0.1, 0.15) is 29.7 Å². The van der Waals surface area contributed by atoms with E-state index in [0.29, 0.717) is 23.5 Å². The third-order valence-corrected chi connectivity index (χ3v) is 6.11. The molecule has 0 radical (unpaired) electrons. The van der Waals surface area contributed by atoms with E-state index in [0.717, 1.165) is 49.4 Å². The number of hydrogen-bond acceptors (Lipinski definition) is 4. The van der Waals surface area contributed by atoms with Crippen molar-refractivity contribution in [1.29, 1.82) is 0 Å². The minimum absolute atomic E-state index is 0.0973. The van der Waals surface area contributed by atoms with Crippen LogP contribution in [-0.4, -0.2) is 39.0 Å². The van der Waals surface area contributed by atoms with Gasteiger partial charge in [0.05, 0.1) is 11.3 Å². The first-order valence-electron chi connectivity index (χ1n) is 10.8. The first-order valence-corrected chi connectivity index (χ1v) is 10.8. The fraction of sp³-hybridized carbons (Fsp3) is 0.333. The van der Waals surface area contributed by atoms with Crippen molar-refractivity contribution in [2.75, 3.05) is 18.0 Å². The van der Waals surface area contributed by atoms with Crippen molar-refractivity contribution in [3.63, 3.8) is 0 Å². The summed E-state index contributed by atoms with van der Waals surface area (Å²) in [7, 11) is 0. The van der Waals surface area contributed by atoms with Gasteiger partial charge < -0.3 is 14.9 Å². The number of benzene rings is 1. The van der Waals surface area contributed by atoms with Gasteiger partial charge in [0.25, 0.3) is 5.56 Å². The maximum Gasteiger partial charge on any atom is 0.416 e. The predicted molar refractivity (Wildman–Crippen MR) is 122 cm³/mol. The molecule has 2 aromatic heterocycles. The molecule has 1 aliphatic rings. The molecule has 3 heterocycles. The quantitative estimate of drug-likeness (QED) is 0.563. The molecule has 1 fully saturated rings. The first kappa shape index (κ1) is 22.8. The summed E-state index contributed by atoms with van der Waals surface area (Å²) in [6.45, 7) is 8.17. The molecule has 0 atom stereocenters. The third kappa shape index (κ3) is 5.03. The van der Waals surface area contributed by atoms with Crippen LogP contribution in [0.5, 0.6) is 0 Å². The normalized spacial score (nSPS) is 15.5. The zero-order valence-electron chi connectivity index (χ0n) is 18.3. The lowest BCUT2D eigenvalue weighted by molar-refractivity contribution is -0.137. The Balaban J connectivity index is 1.37. The van der Waals surface area contributed by atoms with Gasteiger partial charge in [-0.2, -0.15) is 13.2 Å². The second-order valence-corrected chi connectivity index (χ2v) is 8.25. The molecule has 0 saturated carbocycles. The zero-order valence-corrected chi connectivity index (χ0v) is 18.3. The van der Waals surface area contributed by atoms with Crippen molar-refractivity contribution in [1.82, 2.24) is 19.9 Å². The van der Waals surface area contributed by atoms with Crippen LogP contribution in [-0.2, 0) is 12.7 Å². The summed E-state index contributed by atoms with van der Waals surface area (Å²) in [4.78, 5) is 26.6. The van der Waals surface area contributed by atoms with Crippen LogP contribution in [0.25, 0.3) is 11.4 Å². The number of H-pyrrole nitrogens is 2. The second kappa shape index (κ2) is 9.27. The van der Waals surface area contributed by atoms with Crippen molar-refractivity contribution >= 4 is 5.69 Å². The Morgan fingerprint density at radius 3 is 2.55 bits per heavy atom. The van der Waals surface area contributed by atoms with Gasteiger partial charge in [-0.15, -0.1) is 0 Å². The van der Waals surface area contributed by atoms with Crippen LogP contribution < -0.4 is 10.5 Å². The molecular formula is C24H26F3N5O. The van der Waals surface area contributed by atoms with Crippen molar-refractivity contribution in [3.8, 4) is 11.4 Å². The SMILES string of the molecule is C=CN(c1cc[nH]c(=O)c1C)C1CCN(Cc2cnc(-c3ccc(C(F)(F)F)cc3)[nH]2)CC1. The number of nitrogens with one attached hydrogen (secondary N) is 2. The van der Waals surface area contributed by atoms with Gasteiger partial charge in [-0.1, -0.05) is 18.7 Å².